The van der Waals surface area contributed by atoms with E-state index in [0.717, 1.165) is 0 Å². The van der Waals surface area contributed by atoms with Crippen molar-refractivity contribution in [2.24, 2.45) is 0 Å². The molecule has 0 heterocycles. The fourth-order valence-electron chi connectivity index (χ4n) is 1.59. The second kappa shape index (κ2) is 8.89. The van der Waals surface area contributed by atoms with Crippen LogP contribution in [0.1, 0.15) is 0 Å². The fourth-order valence-corrected chi connectivity index (χ4v) is 3.39. The van der Waals surface area contributed by atoms with Gasteiger partial charge in [-0.25, -0.2) is 0 Å². The molecule has 0 aliphatic rings. The highest BCUT2D eigenvalue weighted by atomic mass is 35.5. The molecule has 0 aliphatic heterocycles. The van der Waals surface area contributed by atoms with E-state index in [4.69, 9.17) is 33.4 Å². The van der Waals surface area contributed by atoms with E-state index in [0.29, 0.717) is 40.3 Å². The molecule has 0 radical (unpaired) electrons. The van der Waals surface area contributed by atoms with E-state index in [1.165, 1.54) is 0 Å². The lowest BCUT2D eigenvalue weighted by atomic mass is 10.4. The van der Waals surface area contributed by atoms with Gasteiger partial charge in [-0.05, 0) is 18.2 Å². The molecule has 0 spiro atoms. The summed E-state index contributed by atoms with van der Waals surface area (Å²) in [5.41, 5.74) is 0. The number of rotatable bonds is 8. The first-order valence-corrected chi connectivity index (χ1v) is 7.93. The maximum atomic E-state index is 12.1. The smallest absolute Gasteiger partial charge is 0.0589 e. The maximum Gasteiger partial charge on any atom is 0.0589 e. The molecule has 1 aromatic carbocycles. The third-order valence-electron chi connectivity index (χ3n) is 2.56. The Morgan fingerprint density at radius 2 is 1.74 bits per heavy atom. The van der Waals surface area contributed by atoms with Crippen molar-refractivity contribution in [2.75, 3.05) is 38.6 Å². The van der Waals surface area contributed by atoms with Crippen molar-refractivity contribution in [3.8, 4) is 0 Å². The van der Waals surface area contributed by atoms with E-state index in [9.17, 15) is 4.21 Å². The van der Waals surface area contributed by atoms with Gasteiger partial charge in [-0.2, -0.15) is 0 Å². The van der Waals surface area contributed by atoms with Gasteiger partial charge >= 0.3 is 0 Å². The van der Waals surface area contributed by atoms with Gasteiger partial charge in [0.2, 0.25) is 0 Å². The van der Waals surface area contributed by atoms with E-state index < -0.39 is 10.8 Å². The lowest BCUT2D eigenvalue weighted by Crippen LogP contribution is -2.33. The second-order valence-electron chi connectivity index (χ2n) is 3.91. The number of aliphatic hydroxyl groups is 2. The number of aliphatic hydroxyl groups excluding tert-OH is 2. The van der Waals surface area contributed by atoms with Gasteiger partial charge in [-0.1, -0.05) is 23.2 Å². The Bertz CT molecular complexity index is 425. The van der Waals surface area contributed by atoms with Crippen LogP contribution in [0.2, 0.25) is 10.0 Å². The van der Waals surface area contributed by atoms with Crippen LogP contribution in [0, 0.1) is 0 Å². The van der Waals surface area contributed by atoms with Gasteiger partial charge in [0.25, 0.3) is 0 Å². The lowest BCUT2D eigenvalue weighted by Gasteiger charge is -2.19. The van der Waals surface area contributed by atoms with Gasteiger partial charge in [-0.15, -0.1) is 0 Å². The van der Waals surface area contributed by atoms with Crippen LogP contribution >= 0.6 is 23.2 Å². The molecule has 0 saturated carbocycles. The predicted octanol–water partition coefficient (Wildman–Crippen LogP) is 1.39. The van der Waals surface area contributed by atoms with E-state index in [1.54, 1.807) is 18.2 Å². The normalized spacial score (nSPS) is 12.9. The molecule has 2 N–H and O–H groups in total. The van der Waals surface area contributed by atoms with Crippen molar-refractivity contribution in [2.45, 2.75) is 4.90 Å². The summed E-state index contributed by atoms with van der Waals surface area (Å²) in [6.45, 7) is 1.41. The Morgan fingerprint density at radius 3 is 2.32 bits per heavy atom. The zero-order valence-corrected chi connectivity index (χ0v) is 12.7. The quantitative estimate of drug-likeness (QED) is 0.758. The molecule has 0 aromatic heterocycles. The van der Waals surface area contributed by atoms with E-state index in [-0.39, 0.29) is 13.2 Å². The molecule has 0 aliphatic carbocycles. The third kappa shape index (κ3) is 5.77. The SMILES string of the molecule is O=S(CCN(CCO)CCO)c1cc(Cl)ccc1Cl. The maximum absolute atomic E-state index is 12.1. The van der Waals surface area contributed by atoms with Gasteiger partial charge in [-0.3, -0.25) is 9.11 Å². The molecule has 108 valence electrons. The van der Waals surface area contributed by atoms with Crippen molar-refractivity contribution in [3.63, 3.8) is 0 Å². The first-order chi connectivity index (χ1) is 9.08. The minimum absolute atomic E-state index is 0.00452. The second-order valence-corrected chi connectivity index (χ2v) is 6.30. The first-order valence-electron chi connectivity index (χ1n) is 5.86. The highest BCUT2D eigenvalue weighted by Crippen LogP contribution is 2.23. The molecule has 0 fully saturated rings. The first kappa shape index (κ1) is 16.9. The molecule has 1 aromatic rings. The Morgan fingerprint density at radius 1 is 1.11 bits per heavy atom. The average Bonchev–Trinajstić information content (AvgIpc) is 2.39. The summed E-state index contributed by atoms with van der Waals surface area (Å²) in [4.78, 5) is 2.36. The summed E-state index contributed by atoms with van der Waals surface area (Å²) in [7, 11) is -1.25. The molecule has 19 heavy (non-hydrogen) atoms. The zero-order valence-electron chi connectivity index (χ0n) is 10.4. The minimum atomic E-state index is -1.25. The Balaban J connectivity index is 2.61. The number of nitrogens with zero attached hydrogens (tertiary/aromatic N) is 1. The summed E-state index contributed by atoms with van der Waals surface area (Å²) < 4.78 is 12.1. The molecule has 7 heteroatoms. The van der Waals surface area contributed by atoms with Gasteiger partial charge in [0.05, 0.1) is 33.9 Å². The molecule has 0 saturated heterocycles. The number of halogens is 2. The minimum Gasteiger partial charge on any atom is -0.395 e. The highest BCUT2D eigenvalue weighted by molar-refractivity contribution is 7.85. The van der Waals surface area contributed by atoms with Crippen molar-refractivity contribution in [1.29, 1.82) is 0 Å². The molecular formula is C12H17Cl2NO3S. The topological polar surface area (TPSA) is 60.8 Å². The van der Waals surface area contributed by atoms with E-state index >= 15 is 0 Å². The molecule has 0 amide bonds. The standard InChI is InChI=1S/C12H17Cl2NO3S/c13-10-1-2-11(14)12(9-10)19(18)8-5-15(3-6-16)4-7-17/h1-2,9,16-17H,3-8H2. The highest BCUT2D eigenvalue weighted by Gasteiger charge is 2.12. The number of benzene rings is 1. The van der Waals surface area contributed by atoms with Crippen LogP contribution in [0.15, 0.2) is 23.1 Å². The van der Waals surface area contributed by atoms with Crippen LogP contribution in [0.25, 0.3) is 0 Å². The van der Waals surface area contributed by atoms with Crippen molar-refractivity contribution >= 4 is 34.0 Å². The number of hydrogen-bond acceptors (Lipinski definition) is 4. The van der Waals surface area contributed by atoms with E-state index in [1.807, 2.05) is 4.90 Å². The molecule has 4 nitrogen and oxygen atoms in total. The molecule has 1 rings (SSSR count). The summed E-state index contributed by atoms with van der Waals surface area (Å²) in [5, 5.41) is 18.7. The predicted molar refractivity (Wildman–Crippen MR) is 78.3 cm³/mol. The lowest BCUT2D eigenvalue weighted by molar-refractivity contribution is 0.167. The van der Waals surface area contributed by atoms with Gasteiger partial charge in [0.15, 0.2) is 0 Å². The largest absolute Gasteiger partial charge is 0.395 e. The third-order valence-corrected chi connectivity index (χ3v) is 4.62. The zero-order chi connectivity index (χ0) is 14.3. The molecule has 1 unspecified atom stereocenters. The Kier molecular flexibility index (Phi) is 7.90. The van der Waals surface area contributed by atoms with Crippen LogP contribution in [0.3, 0.4) is 0 Å². The van der Waals surface area contributed by atoms with Crippen molar-refractivity contribution in [1.82, 2.24) is 4.90 Å². The monoisotopic (exact) mass is 325 g/mol. The Hall–Kier alpha value is -0.170. The molecular weight excluding hydrogens is 309 g/mol. The fraction of sp³-hybridized carbons (Fsp3) is 0.500. The number of hydrogen-bond donors (Lipinski definition) is 2. The summed E-state index contributed by atoms with van der Waals surface area (Å²) in [6, 6.07) is 4.87. The van der Waals surface area contributed by atoms with Crippen LogP contribution in [0.5, 0.6) is 0 Å². The van der Waals surface area contributed by atoms with Crippen LogP contribution in [-0.4, -0.2) is 57.9 Å². The molecule has 1 atom stereocenters. The average molecular weight is 326 g/mol. The van der Waals surface area contributed by atoms with Crippen LogP contribution in [0.4, 0.5) is 0 Å². The Labute approximate surface area is 125 Å². The molecule has 0 bridgehead atoms. The van der Waals surface area contributed by atoms with Crippen molar-refractivity contribution in [3.05, 3.63) is 28.2 Å². The van der Waals surface area contributed by atoms with Crippen molar-refractivity contribution < 1.29 is 14.4 Å². The summed E-state index contributed by atoms with van der Waals surface area (Å²) in [6.07, 6.45) is 0. The van der Waals surface area contributed by atoms with Gasteiger partial charge in [0, 0.05) is 30.4 Å². The van der Waals surface area contributed by atoms with E-state index in [2.05, 4.69) is 0 Å². The van der Waals surface area contributed by atoms with Crippen LogP contribution in [-0.2, 0) is 10.8 Å². The summed E-state index contributed by atoms with van der Waals surface area (Å²) >= 11 is 11.8. The van der Waals surface area contributed by atoms with Crippen LogP contribution < -0.4 is 0 Å². The van der Waals surface area contributed by atoms with Gasteiger partial charge < -0.3 is 10.2 Å². The summed E-state index contributed by atoms with van der Waals surface area (Å²) in [5.74, 6) is 0.375. The van der Waals surface area contributed by atoms with Gasteiger partial charge in [0.1, 0.15) is 0 Å².